The van der Waals surface area contributed by atoms with Gasteiger partial charge in [0.05, 0.1) is 11.3 Å². The molecule has 1 heterocycles. The average molecular weight is 389 g/mol. The maximum absolute atomic E-state index is 11.8. The van der Waals surface area contributed by atoms with E-state index in [-0.39, 0.29) is 0 Å². The van der Waals surface area contributed by atoms with Gasteiger partial charge in [0.25, 0.3) is 0 Å². The topological polar surface area (TPSA) is 65.6 Å². The van der Waals surface area contributed by atoms with Crippen molar-refractivity contribution in [2.45, 2.75) is 6.04 Å². The molecule has 0 radical (unpaired) electrons. The van der Waals surface area contributed by atoms with Gasteiger partial charge < -0.3 is 14.3 Å². The smallest absolute Gasteiger partial charge is 0.136 e. The summed E-state index contributed by atoms with van der Waals surface area (Å²) in [6, 6.07) is 24.1. The lowest BCUT2D eigenvalue weighted by molar-refractivity contribution is -0.307. The van der Waals surface area contributed by atoms with Crippen LogP contribution < -0.4 is 10.5 Å². The molecular formula is C23H15ClNO3-. The molecule has 0 amide bonds. The minimum Gasteiger partial charge on any atom is -0.547 e. The van der Waals surface area contributed by atoms with Crippen LogP contribution in [0.4, 0.5) is 0 Å². The molecule has 1 aromatic heterocycles. The first kappa shape index (κ1) is 18.0. The Morgan fingerprint density at radius 1 is 0.929 bits per heavy atom. The quantitative estimate of drug-likeness (QED) is 0.527. The largest absolute Gasteiger partial charge is 0.547 e. The zero-order chi connectivity index (χ0) is 19.5. The van der Waals surface area contributed by atoms with Crippen molar-refractivity contribution in [3.05, 3.63) is 101 Å². The summed E-state index contributed by atoms with van der Waals surface area (Å²) in [5.74, 6) is -0.692. The van der Waals surface area contributed by atoms with E-state index in [1.54, 1.807) is 48.5 Å². The molecule has 0 bridgehead atoms. The van der Waals surface area contributed by atoms with Crippen LogP contribution in [-0.2, 0) is 4.79 Å². The predicted octanol–water partition coefficient (Wildman–Crippen LogP) is 4.15. The van der Waals surface area contributed by atoms with Crippen LogP contribution in [0.15, 0.2) is 94.3 Å². The van der Waals surface area contributed by atoms with Gasteiger partial charge in [-0.15, -0.1) is 0 Å². The van der Waals surface area contributed by atoms with Crippen molar-refractivity contribution >= 4 is 28.5 Å². The van der Waals surface area contributed by atoms with E-state index in [1.165, 1.54) is 0 Å². The molecule has 0 aliphatic heterocycles. The fourth-order valence-corrected chi connectivity index (χ4v) is 3.20. The second kappa shape index (κ2) is 7.71. The Labute approximate surface area is 166 Å². The number of fused-ring (bicyclic) bond motifs is 1. The molecule has 0 aliphatic rings. The zero-order valence-electron chi connectivity index (χ0n) is 14.7. The number of hydrogen-bond acceptors (Lipinski definition) is 4. The predicted molar refractivity (Wildman–Crippen MR) is 106 cm³/mol. The molecule has 0 saturated heterocycles. The van der Waals surface area contributed by atoms with Gasteiger partial charge in [-0.1, -0.05) is 72.3 Å². The molecule has 138 valence electrons. The minimum atomic E-state index is -1.27. The fraction of sp³-hybridized carbons (Fsp3) is 0.0435. The zero-order valence-corrected chi connectivity index (χ0v) is 15.5. The molecule has 0 aliphatic carbocycles. The third kappa shape index (κ3) is 3.68. The number of carboxylic acids is 1. The lowest BCUT2D eigenvalue weighted by Crippen LogP contribution is -2.30. The molecule has 0 fully saturated rings. The Bertz CT molecular complexity index is 1200. The number of aliphatic carboxylic acids is 1. The molecule has 3 aromatic carbocycles. The molecule has 0 unspecified atom stereocenters. The highest BCUT2D eigenvalue weighted by Gasteiger charge is 2.13. The van der Waals surface area contributed by atoms with Crippen LogP contribution in [0.5, 0.6) is 0 Å². The van der Waals surface area contributed by atoms with Crippen LogP contribution >= 0.6 is 11.6 Å². The van der Waals surface area contributed by atoms with Gasteiger partial charge in [0.15, 0.2) is 0 Å². The van der Waals surface area contributed by atoms with Gasteiger partial charge in [-0.3, -0.25) is 4.99 Å². The number of nitrogens with zero attached hydrogens (tertiary/aromatic N) is 1. The van der Waals surface area contributed by atoms with E-state index in [9.17, 15) is 9.90 Å². The van der Waals surface area contributed by atoms with Crippen LogP contribution in [-0.4, -0.2) is 5.97 Å². The number of carbonyl (C=O) groups excluding carboxylic acids is 1. The van der Waals surface area contributed by atoms with Gasteiger partial charge in [-0.2, -0.15) is 0 Å². The van der Waals surface area contributed by atoms with Gasteiger partial charge in [-0.25, -0.2) is 0 Å². The second-order valence-corrected chi connectivity index (χ2v) is 6.70. The van der Waals surface area contributed by atoms with Crippen LogP contribution in [0.2, 0.25) is 5.02 Å². The summed E-state index contributed by atoms with van der Waals surface area (Å²) >= 11 is 6.15. The molecular weight excluding hydrogens is 374 g/mol. The number of hydrogen-bond donors (Lipinski definition) is 0. The molecule has 28 heavy (non-hydrogen) atoms. The van der Waals surface area contributed by atoms with E-state index in [0.717, 1.165) is 5.56 Å². The summed E-state index contributed by atoms with van der Waals surface area (Å²) < 4.78 is 6.01. The fourth-order valence-electron chi connectivity index (χ4n) is 3.03. The first-order valence-corrected chi connectivity index (χ1v) is 9.08. The normalized spacial score (nSPS) is 12.8. The van der Waals surface area contributed by atoms with Crippen LogP contribution in [0.1, 0.15) is 11.6 Å². The van der Waals surface area contributed by atoms with Gasteiger partial charge >= 0.3 is 0 Å². The highest BCUT2D eigenvalue weighted by Crippen LogP contribution is 2.25. The lowest BCUT2D eigenvalue weighted by atomic mass is 10.1. The van der Waals surface area contributed by atoms with E-state index >= 15 is 0 Å². The van der Waals surface area contributed by atoms with Crippen molar-refractivity contribution in [1.82, 2.24) is 0 Å². The van der Waals surface area contributed by atoms with Gasteiger partial charge in [0, 0.05) is 22.0 Å². The van der Waals surface area contributed by atoms with Crippen molar-refractivity contribution in [1.29, 1.82) is 0 Å². The molecule has 5 heteroatoms. The van der Waals surface area contributed by atoms with Crippen molar-refractivity contribution in [3.63, 3.8) is 0 Å². The summed E-state index contributed by atoms with van der Waals surface area (Å²) in [7, 11) is 0. The van der Waals surface area contributed by atoms with Gasteiger partial charge in [0.2, 0.25) is 0 Å². The van der Waals surface area contributed by atoms with E-state index in [4.69, 9.17) is 16.0 Å². The summed E-state index contributed by atoms with van der Waals surface area (Å²) in [5.41, 5.74) is 1.97. The Hall–Kier alpha value is -3.37. The Morgan fingerprint density at radius 2 is 1.61 bits per heavy atom. The first-order valence-electron chi connectivity index (χ1n) is 8.70. The number of carboxylic acid groups (broad SMARTS) is 1. The SMILES string of the molecule is O=C([O-])[C@@H](N=c1cc(-c2ccccc2)oc2ccc(Cl)cc12)c1ccccc1. The molecule has 0 N–H and O–H groups in total. The summed E-state index contributed by atoms with van der Waals surface area (Å²) in [5, 5.41) is 13.4. The average Bonchev–Trinajstić information content (AvgIpc) is 2.73. The Morgan fingerprint density at radius 3 is 2.29 bits per heavy atom. The van der Waals surface area contributed by atoms with E-state index in [0.29, 0.717) is 32.7 Å². The first-order chi connectivity index (χ1) is 13.6. The lowest BCUT2D eigenvalue weighted by Gasteiger charge is -2.14. The third-order valence-electron chi connectivity index (χ3n) is 4.37. The summed E-state index contributed by atoms with van der Waals surface area (Å²) in [6.07, 6.45) is 0. The van der Waals surface area contributed by atoms with E-state index in [2.05, 4.69) is 4.99 Å². The maximum atomic E-state index is 11.8. The molecule has 0 spiro atoms. The standard InChI is InChI=1S/C23H16ClNO3/c24-17-11-12-20-18(13-17)19(14-21(28-20)15-7-3-1-4-8-15)25-22(23(26)27)16-9-5-2-6-10-16/h1-14,22H,(H,26,27)/p-1/t22-/m0/s1. The highest BCUT2D eigenvalue weighted by molar-refractivity contribution is 6.31. The monoisotopic (exact) mass is 388 g/mol. The van der Waals surface area contributed by atoms with Crippen molar-refractivity contribution < 1.29 is 14.3 Å². The number of halogens is 1. The Balaban J connectivity index is 1.99. The number of rotatable bonds is 4. The molecule has 4 nitrogen and oxygen atoms in total. The van der Waals surface area contributed by atoms with Gasteiger partial charge in [-0.05, 0) is 23.8 Å². The third-order valence-corrected chi connectivity index (χ3v) is 4.61. The molecule has 1 atom stereocenters. The Kier molecular flexibility index (Phi) is 4.96. The van der Waals surface area contributed by atoms with E-state index in [1.807, 2.05) is 36.4 Å². The van der Waals surface area contributed by atoms with E-state index < -0.39 is 12.0 Å². The molecule has 0 saturated carbocycles. The van der Waals surface area contributed by atoms with Crippen LogP contribution in [0.25, 0.3) is 22.3 Å². The van der Waals surface area contributed by atoms with Gasteiger partial charge in [0.1, 0.15) is 17.4 Å². The van der Waals surface area contributed by atoms with Crippen LogP contribution in [0.3, 0.4) is 0 Å². The van der Waals surface area contributed by atoms with Crippen molar-refractivity contribution in [3.8, 4) is 11.3 Å². The molecule has 4 rings (SSSR count). The highest BCUT2D eigenvalue weighted by atomic mass is 35.5. The number of carbonyl (C=O) groups is 1. The van der Waals surface area contributed by atoms with Crippen molar-refractivity contribution in [2.24, 2.45) is 4.99 Å². The summed E-state index contributed by atoms with van der Waals surface area (Å²) in [6.45, 7) is 0. The number of benzene rings is 3. The maximum Gasteiger partial charge on any atom is 0.136 e. The second-order valence-electron chi connectivity index (χ2n) is 6.26. The van der Waals surface area contributed by atoms with Crippen molar-refractivity contribution in [2.75, 3.05) is 0 Å². The summed E-state index contributed by atoms with van der Waals surface area (Å²) in [4.78, 5) is 16.3. The molecule has 4 aromatic rings. The minimum absolute atomic E-state index is 0.473. The van der Waals surface area contributed by atoms with Crippen LogP contribution in [0, 0.1) is 0 Å².